The lowest BCUT2D eigenvalue weighted by Gasteiger charge is -2.41. The van der Waals surface area contributed by atoms with Gasteiger partial charge in [-0.3, -0.25) is 4.90 Å². The van der Waals surface area contributed by atoms with Crippen molar-refractivity contribution in [1.82, 2.24) is 9.80 Å². The molecule has 0 aromatic carbocycles. The normalized spacial score (nSPS) is 37.1. The molecule has 0 aromatic heterocycles. The van der Waals surface area contributed by atoms with Crippen LogP contribution in [0.4, 0.5) is 0 Å². The quantitative estimate of drug-likeness (QED) is 0.721. The van der Waals surface area contributed by atoms with Gasteiger partial charge in [-0.05, 0) is 33.4 Å². The maximum Gasteiger partial charge on any atom is 0.0682 e. The van der Waals surface area contributed by atoms with E-state index in [9.17, 15) is 5.11 Å². The number of likely N-dealkylation sites (tertiary alicyclic amines) is 1. The summed E-state index contributed by atoms with van der Waals surface area (Å²) in [5.41, 5.74) is 6.11. The molecule has 2 rings (SSSR count). The summed E-state index contributed by atoms with van der Waals surface area (Å²) in [4.78, 5) is 4.62. The number of nitrogens with zero attached hydrogens (tertiary/aromatic N) is 2. The Morgan fingerprint density at radius 1 is 1.47 bits per heavy atom. The van der Waals surface area contributed by atoms with Gasteiger partial charge in [-0.25, -0.2) is 0 Å². The van der Waals surface area contributed by atoms with Crippen molar-refractivity contribution in [2.24, 2.45) is 11.1 Å². The first-order valence-corrected chi connectivity index (χ1v) is 7.39. The third kappa shape index (κ3) is 3.89. The van der Waals surface area contributed by atoms with Crippen LogP contribution in [0.2, 0.25) is 0 Å². The number of ether oxygens (including phenoxy) is 1. The summed E-state index contributed by atoms with van der Waals surface area (Å²) in [6.07, 6.45) is 2.93. The van der Waals surface area contributed by atoms with Crippen molar-refractivity contribution in [2.75, 3.05) is 53.5 Å². The number of hydrogen-bond acceptors (Lipinski definition) is 5. The van der Waals surface area contributed by atoms with Crippen molar-refractivity contribution in [3.8, 4) is 0 Å². The summed E-state index contributed by atoms with van der Waals surface area (Å²) >= 11 is 0. The molecule has 2 heterocycles. The van der Waals surface area contributed by atoms with Gasteiger partial charge in [-0.1, -0.05) is 0 Å². The lowest BCUT2D eigenvalue weighted by atomic mass is 9.82. The number of likely N-dealkylation sites (N-methyl/N-ethyl adjacent to an activating group) is 1. The van der Waals surface area contributed by atoms with E-state index in [-0.39, 0.29) is 11.5 Å². The molecule has 0 aliphatic carbocycles. The average molecular weight is 271 g/mol. The van der Waals surface area contributed by atoms with Gasteiger partial charge in [0.15, 0.2) is 0 Å². The highest BCUT2D eigenvalue weighted by atomic mass is 16.5. The molecule has 3 N–H and O–H groups in total. The van der Waals surface area contributed by atoms with Crippen LogP contribution in [-0.2, 0) is 4.74 Å². The van der Waals surface area contributed by atoms with Crippen molar-refractivity contribution in [3.63, 3.8) is 0 Å². The van der Waals surface area contributed by atoms with Crippen molar-refractivity contribution < 1.29 is 9.84 Å². The highest BCUT2D eigenvalue weighted by Gasteiger charge is 2.39. The van der Waals surface area contributed by atoms with E-state index < -0.39 is 0 Å². The zero-order chi connectivity index (χ0) is 13.9. The van der Waals surface area contributed by atoms with Crippen LogP contribution in [0.3, 0.4) is 0 Å². The molecule has 2 aliphatic heterocycles. The Balaban J connectivity index is 1.98. The molecule has 0 aromatic rings. The zero-order valence-corrected chi connectivity index (χ0v) is 12.3. The van der Waals surface area contributed by atoms with Crippen LogP contribution in [-0.4, -0.2) is 80.5 Å². The van der Waals surface area contributed by atoms with E-state index >= 15 is 0 Å². The van der Waals surface area contributed by atoms with Gasteiger partial charge in [-0.15, -0.1) is 0 Å². The van der Waals surface area contributed by atoms with Gasteiger partial charge in [0.2, 0.25) is 0 Å². The second-order valence-electron chi connectivity index (χ2n) is 6.60. The van der Waals surface area contributed by atoms with Crippen molar-refractivity contribution >= 4 is 0 Å². The predicted molar refractivity (Wildman–Crippen MR) is 76.1 cm³/mol. The minimum Gasteiger partial charge on any atom is -0.392 e. The number of nitrogens with two attached hydrogens (primary N) is 1. The third-order valence-electron chi connectivity index (χ3n) is 4.46. The SMILES string of the molecule is CN(C)CC1CC(O)CN1CC1(CN)CCCOC1. The van der Waals surface area contributed by atoms with Crippen LogP contribution in [0.5, 0.6) is 0 Å². The standard InChI is InChI=1S/C14H29N3O2/c1-16(2)7-12-6-13(18)8-17(12)10-14(9-15)4-3-5-19-11-14/h12-13,18H,3-11,15H2,1-2H3. The second kappa shape index (κ2) is 6.50. The van der Waals surface area contributed by atoms with Gasteiger partial charge in [0, 0.05) is 44.2 Å². The molecule has 112 valence electrons. The van der Waals surface area contributed by atoms with Crippen molar-refractivity contribution in [2.45, 2.75) is 31.4 Å². The largest absolute Gasteiger partial charge is 0.392 e. The molecule has 0 spiro atoms. The number of aliphatic hydroxyl groups is 1. The van der Waals surface area contributed by atoms with E-state index in [1.165, 1.54) is 0 Å². The number of hydrogen-bond donors (Lipinski definition) is 2. The fourth-order valence-corrected chi connectivity index (χ4v) is 3.45. The summed E-state index contributed by atoms with van der Waals surface area (Å²) in [7, 11) is 4.18. The maximum absolute atomic E-state index is 9.95. The number of β-amino-alcohol motifs (C(OH)–C–C–N with tert-alkyl or cyclic N) is 1. The molecule has 0 amide bonds. The Morgan fingerprint density at radius 3 is 2.84 bits per heavy atom. The smallest absolute Gasteiger partial charge is 0.0682 e. The molecule has 3 unspecified atom stereocenters. The van der Waals surface area contributed by atoms with Gasteiger partial charge in [0.25, 0.3) is 0 Å². The minimum atomic E-state index is -0.190. The monoisotopic (exact) mass is 271 g/mol. The third-order valence-corrected chi connectivity index (χ3v) is 4.46. The van der Waals surface area contributed by atoms with Crippen molar-refractivity contribution in [1.29, 1.82) is 0 Å². The van der Waals surface area contributed by atoms with E-state index in [0.717, 1.165) is 52.1 Å². The summed E-state index contributed by atoms with van der Waals surface area (Å²) in [5.74, 6) is 0. The van der Waals surface area contributed by atoms with E-state index in [4.69, 9.17) is 10.5 Å². The topological polar surface area (TPSA) is 62.0 Å². The number of rotatable bonds is 5. The second-order valence-corrected chi connectivity index (χ2v) is 6.60. The minimum absolute atomic E-state index is 0.0902. The molecule has 2 fully saturated rings. The molecule has 2 aliphatic rings. The molecule has 2 saturated heterocycles. The Kier molecular flexibility index (Phi) is 5.20. The number of aliphatic hydroxyl groups excluding tert-OH is 1. The van der Waals surface area contributed by atoms with E-state index in [0.29, 0.717) is 12.6 Å². The molecule has 5 heteroatoms. The van der Waals surface area contributed by atoms with Crippen LogP contribution in [0.1, 0.15) is 19.3 Å². The molecule has 19 heavy (non-hydrogen) atoms. The molecule has 0 bridgehead atoms. The molecular weight excluding hydrogens is 242 g/mol. The molecule has 0 radical (unpaired) electrons. The van der Waals surface area contributed by atoms with E-state index in [1.54, 1.807) is 0 Å². The van der Waals surface area contributed by atoms with E-state index in [2.05, 4.69) is 23.9 Å². The van der Waals surface area contributed by atoms with Gasteiger partial charge < -0.3 is 20.5 Å². The first-order chi connectivity index (χ1) is 9.04. The van der Waals surface area contributed by atoms with Gasteiger partial charge in [-0.2, -0.15) is 0 Å². The lowest BCUT2D eigenvalue weighted by molar-refractivity contribution is -0.0259. The molecule has 0 saturated carbocycles. The maximum atomic E-state index is 9.95. The van der Waals surface area contributed by atoms with Crippen LogP contribution in [0.25, 0.3) is 0 Å². The van der Waals surface area contributed by atoms with Crippen LogP contribution in [0.15, 0.2) is 0 Å². The zero-order valence-electron chi connectivity index (χ0n) is 12.3. The summed E-state index contributed by atoms with van der Waals surface area (Å²) in [6, 6.07) is 0.440. The predicted octanol–water partition coefficient (Wildman–Crippen LogP) is -0.261. The molecular formula is C14H29N3O2. The van der Waals surface area contributed by atoms with Gasteiger partial charge in [0.1, 0.15) is 0 Å². The molecule has 5 nitrogen and oxygen atoms in total. The molecule has 3 atom stereocenters. The first kappa shape index (κ1) is 15.2. The summed E-state index contributed by atoms with van der Waals surface area (Å²) in [6.45, 7) is 5.04. The fraction of sp³-hybridized carbons (Fsp3) is 1.00. The van der Waals surface area contributed by atoms with Crippen LogP contribution in [0, 0.1) is 5.41 Å². The van der Waals surface area contributed by atoms with Crippen LogP contribution < -0.4 is 5.73 Å². The fourth-order valence-electron chi connectivity index (χ4n) is 3.45. The summed E-state index contributed by atoms with van der Waals surface area (Å²) in [5, 5.41) is 9.95. The van der Waals surface area contributed by atoms with Crippen molar-refractivity contribution in [3.05, 3.63) is 0 Å². The first-order valence-electron chi connectivity index (χ1n) is 7.39. The Bertz CT molecular complexity index is 280. The highest BCUT2D eigenvalue weighted by molar-refractivity contribution is 4.93. The Morgan fingerprint density at radius 2 is 2.26 bits per heavy atom. The highest BCUT2D eigenvalue weighted by Crippen LogP contribution is 2.31. The Labute approximate surface area is 116 Å². The summed E-state index contributed by atoms with van der Waals surface area (Å²) < 4.78 is 5.65. The Hall–Kier alpha value is -0.200. The van der Waals surface area contributed by atoms with Crippen LogP contribution >= 0.6 is 0 Å². The van der Waals surface area contributed by atoms with E-state index in [1.807, 2.05) is 0 Å². The van der Waals surface area contributed by atoms with Gasteiger partial charge >= 0.3 is 0 Å². The van der Waals surface area contributed by atoms with Gasteiger partial charge in [0.05, 0.1) is 12.7 Å². The lowest BCUT2D eigenvalue weighted by Crippen LogP contribution is -2.50. The average Bonchev–Trinajstić information content (AvgIpc) is 2.69.